The van der Waals surface area contributed by atoms with E-state index in [2.05, 4.69) is 64.8 Å². The summed E-state index contributed by atoms with van der Waals surface area (Å²) in [5, 5.41) is 2.71. The number of anilines is 3. The molecule has 1 N–H and O–H groups in total. The molecule has 0 aliphatic carbocycles. The molecule has 0 bridgehead atoms. The van der Waals surface area contributed by atoms with Crippen molar-refractivity contribution in [3.05, 3.63) is 70.7 Å². The molecule has 2 aliphatic heterocycles. The molecular weight excluding hydrogens is 577 g/mol. The number of hydrogen-bond donors (Lipinski definition) is 1. The average molecular weight is 592 g/mol. The van der Waals surface area contributed by atoms with Gasteiger partial charge in [-0.1, -0.05) is 0 Å². The maximum absolute atomic E-state index is 12.5. The molecule has 30 heavy (non-hydrogen) atoms. The van der Waals surface area contributed by atoms with Crippen molar-refractivity contribution in [1.29, 1.82) is 0 Å². The second-order valence-electron chi connectivity index (χ2n) is 6.73. The van der Waals surface area contributed by atoms with Crippen LogP contribution in [0, 0.1) is 0 Å². The average Bonchev–Trinajstić information content (AvgIpc) is 3.21. The fraction of sp³-hybridized carbons (Fsp3) is 0.0455. The molecule has 0 spiro atoms. The van der Waals surface area contributed by atoms with E-state index in [-0.39, 0.29) is 31.1 Å². The first-order valence-electron chi connectivity index (χ1n) is 9.14. The molecule has 1 fully saturated rings. The summed E-state index contributed by atoms with van der Waals surface area (Å²) in [4.78, 5) is 28.4. The van der Waals surface area contributed by atoms with Gasteiger partial charge in [0.05, 0.1) is 0 Å². The summed E-state index contributed by atoms with van der Waals surface area (Å²) in [7, 11) is 1.57. The zero-order chi connectivity index (χ0) is 20.8. The van der Waals surface area contributed by atoms with E-state index < -0.39 is 26.8 Å². The number of likely N-dealkylation sites (N-methyl/N-ethyl adjacent to an activating group) is 1. The van der Waals surface area contributed by atoms with Crippen LogP contribution >= 0.6 is 12.2 Å². The normalized spacial score (nSPS) is 17.1. The van der Waals surface area contributed by atoms with E-state index in [1.165, 1.54) is 28.1 Å². The first-order valence-corrected chi connectivity index (χ1v) is 13.6. The van der Waals surface area contributed by atoms with Crippen LogP contribution in [0.3, 0.4) is 0 Å². The number of benzene rings is 2. The summed E-state index contributed by atoms with van der Waals surface area (Å²) in [6, 6.07) is 21.3. The number of nitrogens with one attached hydrogen (secondary N) is 1. The maximum atomic E-state index is 12.5. The van der Waals surface area contributed by atoms with Crippen molar-refractivity contribution in [2.75, 3.05) is 11.9 Å². The Labute approximate surface area is 195 Å². The summed E-state index contributed by atoms with van der Waals surface area (Å²) in [5.41, 5.74) is 2.61. The second-order valence-corrected chi connectivity index (χ2v) is 12.5. The fourth-order valence-electron chi connectivity index (χ4n) is 3.37. The molecule has 1 saturated heterocycles. The van der Waals surface area contributed by atoms with Crippen LogP contribution in [0.15, 0.2) is 66.2 Å². The van der Waals surface area contributed by atoms with Crippen molar-refractivity contribution in [3.8, 4) is 0 Å². The van der Waals surface area contributed by atoms with Gasteiger partial charge >= 0.3 is 196 Å². The molecule has 2 aromatic carbocycles. The van der Waals surface area contributed by atoms with Crippen LogP contribution in [0.2, 0.25) is 0 Å². The van der Waals surface area contributed by atoms with E-state index in [0.29, 0.717) is 0 Å². The molecule has 8 heteroatoms. The molecule has 3 aromatic rings. The topological polar surface area (TPSA) is 52.7 Å². The number of carbonyl (C=O) groups excluding carboxylic acids is 2. The third-order valence-electron chi connectivity index (χ3n) is 4.86. The van der Waals surface area contributed by atoms with Gasteiger partial charge in [0.1, 0.15) is 0 Å². The Bertz CT molecular complexity index is 1210. The van der Waals surface area contributed by atoms with Crippen LogP contribution in [0.25, 0.3) is 6.08 Å². The molecule has 1 aromatic heterocycles. The quantitative estimate of drug-likeness (QED) is 0.166. The van der Waals surface area contributed by atoms with Crippen molar-refractivity contribution in [1.82, 2.24) is 10.2 Å². The molecular formula is C22H15N3O2SSeTe. The van der Waals surface area contributed by atoms with Crippen molar-refractivity contribution >= 4 is 93.8 Å². The molecule has 5 rings (SSSR count). The Balaban J connectivity index is 1.56. The summed E-state index contributed by atoms with van der Waals surface area (Å²) in [6.45, 7) is 0. The monoisotopic (exact) mass is 595 g/mol. The minimum absolute atomic E-state index is 0.0395. The van der Waals surface area contributed by atoms with Gasteiger partial charge in [0.25, 0.3) is 0 Å². The predicted octanol–water partition coefficient (Wildman–Crippen LogP) is 1.44. The Kier molecular flexibility index (Phi) is 5.14. The van der Waals surface area contributed by atoms with E-state index in [1.54, 1.807) is 13.1 Å². The van der Waals surface area contributed by atoms with Gasteiger partial charge in [0, 0.05) is 0 Å². The van der Waals surface area contributed by atoms with E-state index >= 15 is 0 Å². The van der Waals surface area contributed by atoms with Crippen molar-refractivity contribution in [2.24, 2.45) is 0 Å². The van der Waals surface area contributed by atoms with Crippen LogP contribution < -0.4 is 17.4 Å². The predicted molar refractivity (Wildman–Crippen MR) is 125 cm³/mol. The van der Waals surface area contributed by atoms with E-state index in [1.807, 2.05) is 6.07 Å². The van der Waals surface area contributed by atoms with Gasteiger partial charge in [0.15, 0.2) is 0 Å². The summed E-state index contributed by atoms with van der Waals surface area (Å²) in [6.07, 6.45) is 1.70. The molecule has 3 heterocycles. The minimum atomic E-state index is -0.437. The first-order chi connectivity index (χ1) is 14.5. The Morgan fingerprint density at radius 3 is 2.27 bits per heavy atom. The molecule has 2 amide bonds. The number of nitrogens with zero attached hydrogens (tertiary/aromatic N) is 2. The molecule has 5 nitrogen and oxygen atoms in total. The zero-order valence-electron chi connectivity index (χ0n) is 15.8. The molecule has 0 atom stereocenters. The van der Waals surface area contributed by atoms with Crippen molar-refractivity contribution < 1.29 is 9.59 Å². The third kappa shape index (κ3) is 3.35. The third-order valence-corrected chi connectivity index (χ3v) is 10.6. The number of rotatable bonds is 2. The summed E-state index contributed by atoms with van der Waals surface area (Å²) in [5.74, 6) is -0.805. The Hall–Kier alpha value is -2.20. The van der Waals surface area contributed by atoms with E-state index in [0.717, 1.165) is 4.44 Å². The molecule has 0 radical (unpaired) electrons. The van der Waals surface area contributed by atoms with Gasteiger partial charge in [-0.05, 0) is 0 Å². The van der Waals surface area contributed by atoms with Crippen molar-refractivity contribution in [2.45, 2.75) is 0 Å². The number of fused-ring (bicyclic) bond motifs is 2. The van der Waals surface area contributed by atoms with E-state index in [9.17, 15) is 9.59 Å². The summed E-state index contributed by atoms with van der Waals surface area (Å²) >= 11 is 4.55. The van der Waals surface area contributed by atoms with Gasteiger partial charge in [0.2, 0.25) is 0 Å². The molecule has 2 aliphatic rings. The Morgan fingerprint density at radius 1 is 0.967 bits per heavy atom. The second kappa shape index (κ2) is 7.81. The first kappa shape index (κ1) is 19.7. The van der Waals surface area contributed by atoms with Gasteiger partial charge in [-0.15, -0.1) is 0 Å². The van der Waals surface area contributed by atoms with Gasteiger partial charge in [-0.2, -0.15) is 0 Å². The number of hydrogen-bond acceptors (Lipinski definition) is 4. The Morgan fingerprint density at radius 2 is 1.60 bits per heavy atom. The van der Waals surface area contributed by atoms with E-state index in [4.69, 9.17) is 12.2 Å². The van der Waals surface area contributed by atoms with Crippen LogP contribution in [0.4, 0.5) is 15.9 Å². The standard InChI is InChI=1S/C22H15N3O2SSeTe/c1-24-21(27)14(20(26)23-22(24)28)12-13-10-11-19(29-13)25-15-6-2-4-8-17(15)30-18-9-5-3-7-16(18)25/h2-12H,1H3,(H,23,26,28)/b14-12+. The molecule has 148 valence electrons. The molecule has 0 saturated carbocycles. The SMILES string of the molecule is CN1C(=O)/C(=C/c2ccc(N3c4ccccc4[Te]c4ccccc43)[se]2)C(=O)NC1=S. The van der Waals surface area contributed by atoms with Crippen molar-refractivity contribution in [3.63, 3.8) is 0 Å². The summed E-state index contributed by atoms with van der Waals surface area (Å²) < 4.78 is 5.01. The zero-order valence-corrected chi connectivity index (χ0v) is 20.6. The van der Waals surface area contributed by atoms with Crippen LogP contribution in [-0.4, -0.2) is 64.3 Å². The van der Waals surface area contributed by atoms with Gasteiger partial charge < -0.3 is 0 Å². The fourth-order valence-corrected chi connectivity index (χ4v) is 8.62. The van der Waals surface area contributed by atoms with Crippen LogP contribution in [0.1, 0.15) is 4.44 Å². The van der Waals surface area contributed by atoms with Crippen LogP contribution in [-0.2, 0) is 9.59 Å². The number of carbonyl (C=O) groups is 2. The van der Waals surface area contributed by atoms with Gasteiger partial charge in [-0.25, -0.2) is 0 Å². The van der Waals surface area contributed by atoms with Crippen LogP contribution in [0.5, 0.6) is 0 Å². The molecule has 0 unspecified atom stereocenters. The number of amides is 2. The number of para-hydroxylation sites is 2. The van der Waals surface area contributed by atoms with Gasteiger partial charge in [-0.3, -0.25) is 0 Å². The number of thiocarbonyl (C=S) groups is 1.